The Morgan fingerprint density at radius 2 is 1.87 bits per heavy atom. The van der Waals surface area contributed by atoms with Gasteiger partial charge < -0.3 is 4.74 Å². The van der Waals surface area contributed by atoms with Crippen molar-refractivity contribution in [2.24, 2.45) is 0 Å². The summed E-state index contributed by atoms with van der Waals surface area (Å²) in [7, 11) is 0. The van der Waals surface area contributed by atoms with Crippen molar-refractivity contribution < 1.29 is 9.53 Å². The number of hydrogen-bond donors (Lipinski definition) is 0. The van der Waals surface area contributed by atoms with E-state index >= 15 is 0 Å². The molecule has 1 atom stereocenters. The van der Waals surface area contributed by atoms with Gasteiger partial charge in [0.15, 0.2) is 9.93 Å². The van der Waals surface area contributed by atoms with Gasteiger partial charge in [-0.05, 0) is 5.56 Å². The largest absolute Gasteiger partial charge is 0.451 e. The lowest BCUT2D eigenvalue weighted by Crippen LogP contribution is -2.22. The standard InChI is InChI=1S/C11H10Cl2O2/c1-8(14)15-10(7-11(10,12)13)9-5-3-2-4-6-9/h2-6H,7H2,1H3. The van der Waals surface area contributed by atoms with Crippen LogP contribution < -0.4 is 0 Å². The number of carbonyl (C=O) groups is 1. The maximum Gasteiger partial charge on any atom is 0.303 e. The second kappa shape index (κ2) is 3.39. The molecule has 80 valence electrons. The second-order valence-electron chi connectivity index (χ2n) is 3.67. The third kappa shape index (κ3) is 1.72. The van der Waals surface area contributed by atoms with E-state index in [2.05, 4.69) is 0 Å². The molecule has 4 heteroatoms. The van der Waals surface area contributed by atoms with Crippen LogP contribution in [0.2, 0.25) is 0 Å². The van der Waals surface area contributed by atoms with Crippen LogP contribution in [0.15, 0.2) is 30.3 Å². The third-order valence-electron chi connectivity index (χ3n) is 2.49. The van der Waals surface area contributed by atoms with Crippen molar-refractivity contribution >= 4 is 29.2 Å². The van der Waals surface area contributed by atoms with Crippen LogP contribution >= 0.6 is 23.2 Å². The second-order valence-corrected chi connectivity index (χ2v) is 5.15. The van der Waals surface area contributed by atoms with Crippen molar-refractivity contribution in [3.8, 4) is 0 Å². The number of halogens is 2. The first kappa shape index (κ1) is 10.8. The molecule has 1 unspecified atom stereocenters. The Labute approximate surface area is 98.1 Å². The van der Waals surface area contributed by atoms with Crippen LogP contribution in [-0.2, 0) is 15.1 Å². The molecule has 0 saturated heterocycles. The fraction of sp³-hybridized carbons (Fsp3) is 0.364. The number of benzene rings is 1. The number of carbonyl (C=O) groups excluding carboxylic acids is 1. The molecule has 0 N–H and O–H groups in total. The molecule has 1 aromatic rings. The molecule has 0 amide bonds. The van der Waals surface area contributed by atoms with Gasteiger partial charge >= 0.3 is 5.97 Å². The summed E-state index contributed by atoms with van der Waals surface area (Å²) in [6.07, 6.45) is 0.437. The van der Waals surface area contributed by atoms with Crippen molar-refractivity contribution in [3.63, 3.8) is 0 Å². The maximum atomic E-state index is 11.0. The Bertz CT molecular complexity index is 389. The Hall–Kier alpha value is -0.730. The van der Waals surface area contributed by atoms with E-state index < -0.39 is 9.93 Å². The summed E-state index contributed by atoms with van der Waals surface area (Å²) in [6, 6.07) is 9.33. The maximum absolute atomic E-state index is 11.0. The van der Waals surface area contributed by atoms with Crippen LogP contribution in [0.5, 0.6) is 0 Å². The molecule has 0 radical (unpaired) electrons. The van der Waals surface area contributed by atoms with Crippen LogP contribution in [0.3, 0.4) is 0 Å². The van der Waals surface area contributed by atoms with Crippen LogP contribution in [0.1, 0.15) is 18.9 Å². The zero-order valence-electron chi connectivity index (χ0n) is 8.17. The van der Waals surface area contributed by atoms with Gasteiger partial charge in [-0.1, -0.05) is 53.5 Å². The summed E-state index contributed by atoms with van der Waals surface area (Å²) in [5, 5.41) is 0. The van der Waals surface area contributed by atoms with E-state index in [1.165, 1.54) is 6.92 Å². The van der Waals surface area contributed by atoms with E-state index in [1.807, 2.05) is 30.3 Å². The summed E-state index contributed by atoms with van der Waals surface area (Å²) in [5.41, 5.74) is -0.0198. The van der Waals surface area contributed by atoms with Crippen LogP contribution in [0.4, 0.5) is 0 Å². The fourth-order valence-electron chi connectivity index (χ4n) is 1.70. The topological polar surface area (TPSA) is 26.3 Å². The van der Waals surface area contributed by atoms with Gasteiger partial charge in [-0.15, -0.1) is 0 Å². The molecule has 2 rings (SSSR count). The van der Waals surface area contributed by atoms with Gasteiger partial charge in [0, 0.05) is 13.3 Å². The van der Waals surface area contributed by atoms with Gasteiger partial charge in [-0.25, -0.2) is 0 Å². The van der Waals surface area contributed by atoms with Crippen LogP contribution in [-0.4, -0.2) is 10.3 Å². The molecule has 1 aliphatic carbocycles. The molecule has 0 aromatic heterocycles. The summed E-state index contributed by atoms with van der Waals surface area (Å²) in [5.74, 6) is -0.373. The van der Waals surface area contributed by atoms with Crippen LogP contribution in [0.25, 0.3) is 0 Å². The normalized spacial score (nSPS) is 27.1. The minimum atomic E-state index is -1.000. The predicted octanol–water partition coefficient (Wildman–Crippen LogP) is 3.02. The highest BCUT2D eigenvalue weighted by atomic mass is 35.5. The van der Waals surface area contributed by atoms with Crippen molar-refractivity contribution in [3.05, 3.63) is 35.9 Å². The predicted molar refractivity (Wildman–Crippen MR) is 58.9 cm³/mol. The average molecular weight is 245 g/mol. The Kier molecular flexibility index (Phi) is 2.44. The van der Waals surface area contributed by atoms with E-state index in [9.17, 15) is 4.79 Å². The molecule has 0 spiro atoms. The first-order valence-corrected chi connectivity index (χ1v) is 5.36. The molecule has 1 aromatic carbocycles. The minimum Gasteiger partial charge on any atom is -0.451 e. The molecular weight excluding hydrogens is 235 g/mol. The molecule has 0 bridgehead atoms. The lowest BCUT2D eigenvalue weighted by atomic mass is 10.1. The van der Waals surface area contributed by atoms with Gasteiger partial charge in [0.05, 0.1) is 0 Å². The molecule has 0 aliphatic heterocycles. The monoisotopic (exact) mass is 244 g/mol. The van der Waals surface area contributed by atoms with Gasteiger partial charge in [-0.3, -0.25) is 4.79 Å². The Morgan fingerprint density at radius 3 is 2.27 bits per heavy atom. The summed E-state index contributed by atoms with van der Waals surface area (Å²) in [6.45, 7) is 1.35. The molecule has 1 aliphatic rings. The Morgan fingerprint density at radius 1 is 1.33 bits per heavy atom. The minimum absolute atomic E-state index is 0.373. The van der Waals surface area contributed by atoms with Crippen molar-refractivity contribution in [2.45, 2.75) is 23.3 Å². The van der Waals surface area contributed by atoms with E-state index in [1.54, 1.807) is 0 Å². The zero-order valence-corrected chi connectivity index (χ0v) is 9.68. The number of hydrogen-bond acceptors (Lipinski definition) is 2. The molecular formula is C11H10Cl2O2. The zero-order chi connectivity index (χ0) is 11.1. The SMILES string of the molecule is CC(=O)OC1(c2ccccc2)CC1(Cl)Cl. The van der Waals surface area contributed by atoms with Crippen LogP contribution in [0, 0.1) is 0 Å². The highest BCUT2D eigenvalue weighted by Crippen LogP contribution is 2.65. The highest BCUT2D eigenvalue weighted by molar-refractivity contribution is 6.52. The van der Waals surface area contributed by atoms with Crippen molar-refractivity contribution in [2.75, 3.05) is 0 Å². The van der Waals surface area contributed by atoms with E-state index in [-0.39, 0.29) is 5.97 Å². The molecule has 15 heavy (non-hydrogen) atoms. The smallest absolute Gasteiger partial charge is 0.303 e. The van der Waals surface area contributed by atoms with Crippen molar-refractivity contribution in [1.82, 2.24) is 0 Å². The third-order valence-corrected chi connectivity index (χ3v) is 3.37. The molecule has 1 fully saturated rings. The quantitative estimate of drug-likeness (QED) is 0.591. The number of ether oxygens (including phenoxy) is 1. The lowest BCUT2D eigenvalue weighted by Gasteiger charge is -2.18. The number of esters is 1. The lowest BCUT2D eigenvalue weighted by molar-refractivity contribution is -0.149. The number of alkyl halides is 2. The summed E-state index contributed by atoms with van der Waals surface area (Å²) in [4.78, 5) is 11.0. The first-order chi connectivity index (χ1) is 6.98. The highest BCUT2D eigenvalue weighted by Gasteiger charge is 2.71. The molecule has 1 saturated carbocycles. The van der Waals surface area contributed by atoms with Crippen molar-refractivity contribution in [1.29, 1.82) is 0 Å². The molecule has 2 nitrogen and oxygen atoms in total. The Balaban J connectivity index is 2.35. The van der Waals surface area contributed by atoms with Gasteiger partial charge in [0.25, 0.3) is 0 Å². The number of rotatable bonds is 2. The first-order valence-electron chi connectivity index (χ1n) is 4.61. The fourth-order valence-corrected chi connectivity index (χ4v) is 2.38. The summed E-state index contributed by atoms with van der Waals surface area (Å²) < 4.78 is 4.25. The van der Waals surface area contributed by atoms with E-state index in [4.69, 9.17) is 27.9 Å². The average Bonchev–Trinajstić information content (AvgIpc) is 2.70. The summed E-state index contributed by atoms with van der Waals surface area (Å²) >= 11 is 12.1. The van der Waals surface area contributed by atoms with Gasteiger partial charge in [-0.2, -0.15) is 0 Å². The molecule has 0 heterocycles. The van der Waals surface area contributed by atoms with E-state index in [0.29, 0.717) is 6.42 Å². The van der Waals surface area contributed by atoms with E-state index in [0.717, 1.165) is 5.56 Å². The van der Waals surface area contributed by atoms with Gasteiger partial charge in [0.2, 0.25) is 0 Å². The van der Waals surface area contributed by atoms with Gasteiger partial charge in [0.1, 0.15) is 0 Å².